The van der Waals surface area contributed by atoms with E-state index in [9.17, 15) is 32.1 Å². The van der Waals surface area contributed by atoms with E-state index in [4.69, 9.17) is 24.1 Å². The van der Waals surface area contributed by atoms with Gasteiger partial charge in [-0.05, 0) is 69.6 Å². The molecule has 12 nitrogen and oxygen atoms in total. The molecule has 0 saturated heterocycles. The topological polar surface area (TPSA) is 183 Å². The van der Waals surface area contributed by atoms with Crippen molar-refractivity contribution in [3.05, 3.63) is 41.5 Å². The first kappa shape index (κ1) is 42.7. The molecule has 248 valence electrons. The van der Waals surface area contributed by atoms with Gasteiger partial charge < -0.3 is 28.6 Å². The summed E-state index contributed by atoms with van der Waals surface area (Å²) in [6, 6.07) is 2.83. The van der Waals surface area contributed by atoms with Gasteiger partial charge in [0.2, 0.25) is 0 Å². The van der Waals surface area contributed by atoms with Crippen molar-refractivity contribution in [3.63, 3.8) is 0 Å². The van der Waals surface area contributed by atoms with Crippen LogP contribution < -0.4 is 29.6 Å². The third-order valence-electron chi connectivity index (χ3n) is 6.32. The number of rotatable bonds is 24. The van der Waals surface area contributed by atoms with E-state index in [-0.39, 0.29) is 67.1 Å². The van der Waals surface area contributed by atoms with Gasteiger partial charge in [-0.15, -0.1) is 0 Å². The molecule has 0 radical (unpaired) electrons. The van der Waals surface area contributed by atoms with E-state index in [1.807, 2.05) is 0 Å². The Hall–Kier alpha value is -2.29. The average Bonchev–Trinajstić information content (AvgIpc) is 2.99. The largest absolute Gasteiger partial charge is 1.00 e. The molecule has 0 unspecified atom stereocenters. The van der Waals surface area contributed by atoms with Gasteiger partial charge >= 0.3 is 53.4 Å². The van der Waals surface area contributed by atoms with Crippen LogP contribution in [0.2, 0.25) is 0 Å². The number of ether oxygens (including phenoxy) is 4. The third-order valence-corrected chi connectivity index (χ3v) is 7.13. The minimum atomic E-state index is -4.96. The molecule has 45 heavy (non-hydrogen) atoms. The third kappa shape index (κ3) is 21.2. The minimum absolute atomic E-state index is 0. The molecule has 0 aliphatic heterocycles. The Morgan fingerprint density at radius 3 is 1.40 bits per heavy atom. The van der Waals surface area contributed by atoms with Gasteiger partial charge in [-0.1, -0.05) is 39.0 Å². The normalized spacial score (nSPS) is 11.1. The van der Waals surface area contributed by atoms with Gasteiger partial charge in [0.25, 0.3) is 0 Å². The predicted octanol–water partition coefficient (Wildman–Crippen LogP) is 1.63. The van der Waals surface area contributed by atoms with Crippen LogP contribution in [-0.4, -0.2) is 75.0 Å². The Morgan fingerprint density at radius 1 is 0.644 bits per heavy atom. The molecule has 0 aliphatic carbocycles. The Labute approximate surface area is 288 Å². The van der Waals surface area contributed by atoms with E-state index >= 15 is 0 Å². The zero-order valence-electron chi connectivity index (χ0n) is 26.5. The first-order valence-corrected chi connectivity index (χ1v) is 16.6. The number of aliphatic hydroxyl groups excluding tert-OH is 1. The molecule has 0 aromatic heterocycles. The molecule has 14 heteroatoms. The Morgan fingerprint density at radius 2 is 1.02 bits per heavy atom. The fourth-order valence-electron chi connectivity index (χ4n) is 3.88. The molecule has 0 amide bonds. The van der Waals surface area contributed by atoms with Crippen molar-refractivity contribution in [2.24, 2.45) is 0 Å². The van der Waals surface area contributed by atoms with E-state index in [0.29, 0.717) is 45.1 Å². The van der Waals surface area contributed by atoms with E-state index < -0.39 is 38.9 Å². The fraction of sp³-hybridized carbons (Fsp3) is 0.613. The van der Waals surface area contributed by atoms with E-state index in [2.05, 4.69) is 6.92 Å². The van der Waals surface area contributed by atoms with Gasteiger partial charge in [0, 0.05) is 18.8 Å². The van der Waals surface area contributed by atoms with Gasteiger partial charge in [-0.25, -0.2) is 27.6 Å². The van der Waals surface area contributed by atoms with Crippen LogP contribution in [0.5, 0.6) is 0 Å². The number of esters is 4. The second kappa shape index (κ2) is 25.9. The number of carbonyl (C=O) groups is 4. The molecule has 0 spiro atoms. The number of hydrogen-bond donors (Lipinski definition) is 1. The molecule has 0 fully saturated rings. The number of aliphatic hydroxyl groups is 1. The maximum Gasteiger partial charge on any atom is 1.00 e. The van der Waals surface area contributed by atoms with E-state index in [1.54, 1.807) is 0 Å². The molecule has 1 rings (SSSR count). The average molecular weight is 665 g/mol. The second-order valence-corrected chi connectivity index (χ2v) is 11.5. The molecule has 0 bridgehead atoms. The molecule has 0 heterocycles. The number of unbranched alkanes of at least 4 members (excludes halogenated alkanes) is 10. The van der Waals surface area contributed by atoms with Gasteiger partial charge in [0.1, 0.15) is 10.1 Å². The number of carbonyl (C=O) groups excluding carboxylic acids is 4. The molecule has 0 aliphatic rings. The summed E-state index contributed by atoms with van der Waals surface area (Å²) in [7, 11) is -4.96. The Bertz CT molecular complexity index is 1170. The zero-order valence-corrected chi connectivity index (χ0v) is 29.3. The molecular formula is C31H45NaO12S. The summed E-state index contributed by atoms with van der Waals surface area (Å²) >= 11 is 0. The molecule has 0 atom stereocenters. The molecule has 1 aromatic carbocycles. The van der Waals surface area contributed by atoms with Crippen molar-refractivity contribution in [1.82, 2.24) is 0 Å². The minimum Gasteiger partial charge on any atom is -0.744 e. The Balaban J connectivity index is 0.0000194. The van der Waals surface area contributed by atoms with Crippen LogP contribution in [0.25, 0.3) is 0 Å². The van der Waals surface area contributed by atoms with Crippen molar-refractivity contribution in [3.8, 4) is 0 Å². The summed E-state index contributed by atoms with van der Waals surface area (Å²) in [4.78, 5) is 47.5. The van der Waals surface area contributed by atoms with Crippen molar-refractivity contribution < 1.29 is 85.8 Å². The number of hydrogen-bond acceptors (Lipinski definition) is 12. The van der Waals surface area contributed by atoms with Crippen LogP contribution in [0.1, 0.15) is 111 Å². The Kier molecular flexibility index (Phi) is 24.5. The van der Waals surface area contributed by atoms with Crippen molar-refractivity contribution >= 4 is 34.0 Å². The summed E-state index contributed by atoms with van der Waals surface area (Å²) in [5.41, 5.74) is -0.532. The molecule has 0 saturated carbocycles. The maximum absolute atomic E-state index is 12.5. The second-order valence-electron chi connectivity index (χ2n) is 10.1. The van der Waals surface area contributed by atoms with Gasteiger partial charge in [0.05, 0.1) is 42.4 Å². The van der Waals surface area contributed by atoms with E-state index in [0.717, 1.165) is 75.3 Å². The van der Waals surface area contributed by atoms with Crippen LogP contribution in [0.3, 0.4) is 0 Å². The van der Waals surface area contributed by atoms with Crippen LogP contribution in [-0.2, 0) is 38.7 Å². The van der Waals surface area contributed by atoms with Crippen LogP contribution in [0.15, 0.2) is 35.2 Å². The molecule has 1 N–H and O–H groups in total. The molecule has 1 aromatic rings. The van der Waals surface area contributed by atoms with Gasteiger partial charge in [-0.2, -0.15) is 0 Å². The standard InChI is InChI=1S/C31H46O12S.Na/c1-2-3-4-6-11-18-40-28(33)15-16-29(34)41-19-12-8-9-14-21-43-31(36)26-22-25(23-27(24-26)44(37,38)39)30(35)42-20-13-7-5-10-17-32;/h15-16,22-24,32H,2-14,17-21H2,1H3,(H,37,38,39);/q;+1/p-1/b16-15-;. The summed E-state index contributed by atoms with van der Waals surface area (Å²) in [5, 5.41) is 8.79. The van der Waals surface area contributed by atoms with Crippen molar-refractivity contribution in [2.45, 2.75) is 95.3 Å². The van der Waals surface area contributed by atoms with Crippen LogP contribution in [0.4, 0.5) is 0 Å². The quantitative estimate of drug-likeness (QED) is 0.0422. The maximum atomic E-state index is 12.5. The predicted molar refractivity (Wildman–Crippen MR) is 159 cm³/mol. The zero-order chi connectivity index (χ0) is 32.6. The monoisotopic (exact) mass is 664 g/mol. The van der Waals surface area contributed by atoms with Crippen LogP contribution in [0, 0.1) is 0 Å². The summed E-state index contributed by atoms with van der Waals surface area (Å²) in [6.07, 6.45) is 12.2. The van der Waals surface area contributed by atoms with Crippen molar-refractivity contribution in [2.75, 3.05) is 33.0 Å². The first-order valence-electron chi connectivity index (χ1n) is 15.2. The number of benzene rings is 1. The van der Waals surface area contributed by atoms with E-state index in [1.165, 1.54) is 0 Å². The van der Waals surface area contributed by atoms with Gasteiger partial charge in [0.15, 0.2) is 0 Å². The first-order chi connectivity index (χ1) is 21.1. The SMILES string of the molecule is CCCCCCCOC(=O)/C=C\C(=O)OCCCCCCOC(=O)c1cc(C(=O)OCCCCCCO)cc(S(=O)(=O)[O-])c1.[Na+]. The van der Waals surface area contributed by atoms with Crippen molar-refractivity contribution in [1.29, 1.82) is 0 Å². The van der Waals surface area contributed by atoms with Crippen LogP contribution >= 0.6 is 0 Å². The summed E-state index contributed by atoms with van der Waals surface area (Å²) in [5.74, 6) is -3.02. The summed E-state index contributed by atoms with van der Waals surface area (Å²) in [6.45, 7) is 2.72. The smallest absolute Gasteiger partial charge is 0.744 e. The fourth-order valence-corrected chi connectivity index (χ4v) is 4.43. The molecular weight excluding hydrogens is 619 g/mol. The summed E-state index contributed by atoms with van der Waals surface area (Å²) < 4.78 is 55.1. The van der Waals surface area contributed by atoms with Gasteiger partial charge in [-0.3, -0.25) is 0 Å².